The summed E-state index contributed by atoms with van der Waals surface area (Å²) in [5, 5.41) is 8.63. The highest BCUT2D eigenvalue weighted by Gasteiger charge is 2.18. The monoisotopic (exact) mass is 254 g/mol. The van der Waals surface area contributed by atoms with Gasteiger partial charge in [0.1, 0.15) is 0 Å². The second kappa shape index (κ2) is 5.16. The molecule has 1 fully saturated rings. The lowest BCUT2D eigenvalue weighted by Crippen LogP contribution is -2.36. The molecule has 3 N–H and O–H groups in total. The molecule has 1 unspecified atom stereocenters. The molecule has 0 aliphatic carbocycles. The van der Waals surface area contributed by atoms with E-state index in [-0.39, 0.29) is 4.90 Å². The van der Waals surface area contributed by atoms with Crippen molar-refractivity contribution in [3.8, 4) is 0 Å². The molecule has 1 atom stereocenters. The maximum Gasteiger partial charge on any atom is 0.238 e. The summed E-state index contributed by atoms with van der Waals surface area (Å²) >= 11 is 0. The molecule has 4 nitrogen and oxygen atoms in total. The van der Waals surface area contributed by atoms with Crippen LogP contribution in [0.2, 0.25) is 0 Å². The minimum absolute atomic E-state index is 0.257. The quantitative estimate of drug-likeness (QED) is 0.846. The van der Waals surface area contributed by atoms with Gasteiger partial charge in [-0.05, 0) is 37.4 Å². The van der Waals surface area contributed by atoms with Gasteiger partial charge in [-0.1, -0.05) is 24.6 Å². The Morgan fingerprint density at radius 2 is 2.06 bits per heavy atom. The molecular weight excluding hydrogens is 236 g/mol. The lowest BCUT2D eigenvalue weighted by Gasteiger charge is -2.24. The lowest BCUT2D eigenvalue weighted by atomic mass is 9.98. The van der Waals surface area contributed by atoms with Crippen LogP contribution in [0.4, 0.5) is 0 Å². The minimum atomic E-state index is -3.61. The summed E-state index contributed by atoms with van der Waals surface area (Å²) < 4.78 is 22.9. The number of nitrogens with one attached hydrogen (secondary N) is 1. The average Bonchev–Trinajstić information content (AvgIpc) is 2.30. The van der Waals surface area contributed by atoms with Gasteiger partial charge in [0.2, 0.25) is 10.0 Å². The van der Waals surface area contributed by atoms with Crippen LogP contribution in [0.3, 0.4) is 0 Å². The second-order valence-electron chi connectivity index (χ2n) is 4.50. The summed E-state index contributed by atoms with van der Waals surface area (Å²) in [6, 6.07) is 7.35. The molecule has 5 heteroatoms. The maximum atomic E-state index is 11.5. The number of sulfonamides is 1. The summed E-state index contributed by atoms with van der Waals surface area (Å²) in [5.74, 6) is 0. The van der Waals surface area contributed by atoms with E-state index in [4.69, 9.17) is 5.14 Å². The van der Waals surface area contributed by atoms with Crippen molar-refractivity contribution in [1.82, 2.24) is 5.32 Å². The fourth-order valence-electron chi connectivity index (χ4n) is 2.31. The molecule has 1 aliphatic heterocycles. The molecule has 1 aliphatic rings. The van der Waals surface area contributed by atoms with Crippen molar-refractivity contribution in [2.75, 3.05) is 6.54 Å². The first-order chi connectivity index (χ1) is 8.07. The number of nitrogens with two attached hydrogens (primary N) is 1. The fourth-order valence-corrected chi connectivity index (χ4v) is 3.10. The predicted molar refractivity (Wildman–Crippen MR) is 67.2 cm³/mol. The molecule has 94 valence electrons. The van der Waals surface area contributed by atoms with Crippen molar-refractivity contribution in [3.63, 3.8) is 0 Å². The summed E-state index contributed by atoms with van der Waals surface area (Å²) in [7, 11) is -3.61. The normalized spacial score (nSPS) is 21.4. The van der Waals surface area contributed by atoms with Gasteiger partial charge >= 0.3 is 0 Å². The topological polar surface area (TPSA) is 72.2 Å². The predicted octanol–water partition coefficient (Wildman–Crippen LogP) is 1.02. The number of piperidine rings is 1. The number of hydrogen-bond donors (Lipinski definition) is 2. The Morgan fingerprint density at radius 1 is 1.29 bits per heavy atom. The van der Waals surface area contributed by atoms with Crippen LogP contribution < -0.4 is 10.5 Å². The van der Waals surface area contributed by atoms with E-state index in [9.17, 15) is 8.42 Å². The smallest absolute Gasteiger partial charge is 0.238 e. The molecule has 0 aromatic heterocycles. The van der Waals surface area contributed by atoms with Gasteiger partial charge in [-0.15, -0.1) is 0 Å². The van der Waals surface area contributed by atoms with Crippen LogP contribution in [0.1, 0.15) is 24.8 Å². The van der Waals surface area contributed by atoms with Gasteiger partial charge in [-0.25, -0.2) is 13.6 Å². The van der Waals surface area contributed by atoms with Crippen LogP contribution in [-0.2, 0) is 16.4 Å². The van der Waals surface area contributed by atoms with E-state index in [2.05, 4.69) is 5.32 Å². The van der Waals surface area contributed by atoms with Gasteiger partial charge in [-0.2, -0.15) is 0 Å². The minimum Gasteiger partial charge on any atom is -0.314 e. The Hall–Kier alpha value is -0.910. The van der Waals surface area contributed by atoms with Gasteiger partial charge in [0.25, 0.3) is 0 Å². The molecular formula is C12H18N2O2S. The zero-order valence-corrected chi connectivity index (χ0v) is 10.5. The molecule has 1 saturated heterocycles. The third-order valence-electron chi connectivity index (χ3n) is 3.16. The molecule has 1 heterocycles. The highest BCUT2D eigenvalue weighted by atomic mass is 32.2. The largest absolute Gasteiger partial charge is 0.314 e. The van der Waals surface area contributed by atoms with Gasteiger partial charge in [0.15, 0.2) is 0 Å². The highest BCUT2D eigenvalue weighted by molar-refractivity contribution is 7.89. The first-order valence-corrected chi connectivity index (χ1v) is 7.46. The van der Waals surface area contributed by atoms with Gasteiger partial charge in [0.05, 0.1) is 4.90 Å². The molecule has 1 aromatic carbocycles. The molecule has 1 aromatic rings. The molecule has 0 saturated carbocycles. The number of hydrogen-bond acceptors (Lipinski definition) is 3. The lowest BCUT2D eigenvalue weighted by molar-refractivity contribution is 0.398. The highest BCUT2D eigenvalue weighted by Crippen LogP contribution is 2.18. The zero-order valence-electron chi connectivity index (χ0n) is 9.72. The van der Waals surface area contributed by atoms with Crippen LogP contribution >= 0.6 is 0 Å². The third kappa shape index (κ3) is 3.28. The molecule has 0 bridgehead atoms. The van der Waals surface area contributed by atoms with Crippen molar-refractivity contribution < 1.29 is 8.42 Å². The molecule has 0 radical (unpaired) electrons. The van der Waals surface area contributed by atoms with Gasteiger partial charge < -0.3 is 5.32 Å². The van der Waals surface area contributed by atoms with Crippen molar-refractivity contribution in [1.29, 1.82) is 0 Å². The summed E-state index contributed by atoms with van der Waals surface area (Å²) in [6.07, 6.45) is 4.23. The van der Waals surface area contributed by atoms with Gasteiger partial charge in [0, 0.05) is 6.04 Å². The first-order valence-electron chi connectivity index (χ1n) is 5.91. The van der Waals surface area contributed by atoms with Crippen LogP contribution in [0.25, 0.3) is 0 Å². The Morgan fingerprint density at radius 3 is 2.71 bits per heavy atom. The molecule has 0 spiro atoms. The van der Waals surface area contributed by atoms with Crippen molar-refractivity contribution in [2.45, 2.75) is 36.6 Å². The third-order valence-corrected chi connectivity index (χ3v) is 4.17. The van der Waals surface area contributed by atoms with E-state index in [0.717, 1.165) is 24.9 Å². The Kier molecular flexibility index (Phi) is 3.81. The summed E-state index contributed by atoms with van der Waals surface area (Å²) in [5.41, 5.74) is 0.814. The van der Waals surface area contributed by atoms with E-state index < -0.39 is 10.0 Å². The fraction of sp³-hybridized carbons (Fsp3) is 0.500. The first kappa shape index (κ1) is 12.5. The van der Waals surface area contributed by atoms with Crippen LogP contribution in [0.15, 0.2) is 29.2 Å². The van der Waals surface area contributed by atoms with Crippen molar-refractivity contribution in [2.24, 2.45) is 5.14 Å². The van der Waals surface area contributed by atoms with E-state index in [1.54, 1.807) is 12.1 Å². The number of primary sulfonamides is 1. The Labute approximate surface area is 102 Å². The van der Waals surface area contributed by atoms with Crippen LogP contribution in [0, 0.1) is 0 Å². The van der Waals surface area contributed by atoms with E-state index in [1.807, 2.05) is 12.1 Å². The van der Waals surface area contributed by atoms with E-state index >= 15 is 0 Å². The Balaban J connectivity index is 2.20. The maximum absolute atomic E-state index is 11.5. The number of benzene rings is 1. The second-order valence-corrected chi connectivity index (χ2v) is 6.03. The summed E-state index contributed by atoms with van der Waals surface area (Å²) in [6.45, 7) is 1.02. The zero-order chi connectivity index (χ0) is 12.3. The van der Waals surface area contributed by atoms with Crippen LogP contribution in [0.5, 0.6) is 0 Å². The van der Waals surface area contributed by atoms with Crippen molar-refractivity contribution >= 4 is 10.0 Å². The SMILES string of the molecule is NS(=O)(=O)c1ccccc1CC1CCCCN1. The van der Waals surface area contributed by atoms with Gasteiger partial charge in [-0.3, -0.25) is 0 Å². The number of rotatable bonds is 3. The summed E-state index contributed by atoms with van der Waals surface area (Å²) in [4.78, 5) is 0.257. The van der Waals surface area contributed by atoms with E-state index in [1.165, 1.54) is 12.8 Å². The molecule has 17 heavy (non-hydrogen) atoms. The standard InChI is InChI=1S/C12H18N2O2S/c13-17(15,16)12-7-2-1-5-10(12)9-11-6-3-4-8-14-11/h1-2,5,7,11,14H,3-4,6,8-9H2,(H2,13,15,16). The van der Waals surface area contributed by atoms with E-state index in [0.29, 0.717) is 6.04 Å². The Bertz CT molecular complexity index is 479. The van der Waals surface area contributed by atoms with Crippen LogP contribution in [-0.4, -0.2) is 21.0 Å². The molecule has 0 amide bonds. The average molecular weight is 254 g/mol. The molecule has 2 rings (SSSR count). The van der Waals surface area contributed by atoms with Crippen molar-refractivity contribution in [3.05, 3.63) is 29.8 Å².